The Morgan fingerprint density at radius 2 is 2.00 bits per heavy atom. The Labute approximate surface area is 114 Å². The lowest BCUT2D eigenvalue weighted by Crippen LogP contribution is -1.95. The molecule has 2 nitrogen and oxygen atoms in total. The van der Waals surface area contributed by atoms with E-state index in [1.807, 2.05) is 6.07 Å². The van der Waals surface area contributed by atoms with Crippen LogP contribution in [0.15, 0.2) is 30.5 Å². The zero-order chi connectivity index (χ0) is 13.1. The third-order valence-corrected chi connectivity index (χ3v) is 3.21. The fourth-order valence-electron chi connectivity index (χ4n) is 1.66. The van der Waals surface area contributed by atoms with Crippen molar-refractivity contribution in [2.24, 2.45) is 0 Å². The molecule has 0 aliphatic heterocycles. The molecule has 0 bridgehead atoms. The van der Waals surface area contributed by atoms with E-state index < -0.39 is 5.95 Å². The molecule has 2 rings (SSSR count). The molecule has 0 aliphatic carbocycles. The van der Waals surface area contributed by atoms with Crippen molar-refractivity contribution in [3.05, 3.63) is 52.0 Å². The molecule has 1 heterocycles. The van der Waals surface area contributed by atoms with Gasteiger partial charge in [0.15, 0.2) is 0 Å². The zero-order valence-corrected chi connectivity index (χ0v) is 10.6. The molecule has 0 radical (unpaired) electrons. The maximum Gasteiger partial charge on any atom is 0.221 e. The minimum Gasteiger partial charge on any atom is -0.228 e. The Hall–Kier alpha value is -1.63. The van der Waals surface area contributed by atoms with Gasteiger partial charge in [-0.1, -0.05) is 29.3 Å². The van der Waals surface area contributed by atoms with Crippen LogP contribution in [-0.4, -0.2) is 4.98 Å². The molecule has 1 aromatic carbocycles. The van der Waals surface area contributed by atoms with E-state index in [-0.39, 0.29) is 12.0 Å². The Morgan fingerprint density at radius 1 is 1.22 bits per heavy atom. The first-order valence-corrected chi connectivity index (χ1v) is 5.85. The van der Waals surface area contributed by atoms with E-state index in [1.54, 1.807) is 24.3 Å². The smallest absolute Gasteiger partial charge is 0.221 e. The van der Waals surface area contributed by atoms with Crippen molar-refractivity contribution in [3.63, 3.8) is 0 Å². The molecule has 0 amide bonds. The van der Waals surface area contributed by atoms with Crippen LogP contribution in [0.2, 0.25) is 10.0 Å². The minimum absolute atomic E-state index is 0.106. The van der Waals surface area contributed by atoms with Gasteiger partial charge in [0.2, 0.25) is 5.95 Å². The zero-order valence-electron chi connectivity index (χ0n) is 9.12. The van der Waals surface area contributed by atoms with Crippen LogP contribution >= 0.6 is 23.2 Å². The lowest BCUT2D eigenvalue weighted by molar-refractivity contribution is 0.586. The van der Waals surface area contributed by atoms with Crippen molar-refractivity contribution >= 4 is 23.2 Å². The van der Waals surface area contributed by atoms with Gasteiger partial charge in [0.25, 0.3) is 0 Å². The summed E-state index contributed by atoms with van der Waals surface area (Å²) in [5.41, 5.74) is 1.42. The predicted molar refractivity (Wildman–Crippen MR) is 69.0 cm³/mol. The van der Waals surface area contributed by atoms with E-state index in [2.05, 4.69) is 4.98 Å². The Kier molecular flexibility index (Phi) is 3.81. The molecule has 0 saturated carbocycles. The normalized spacial score (nSPS) is 10.1. The van der Waals surface area contributed by atoms with E-state index in [0.29, 0.717) is 21.2 Å². The quantitative estimate of drug-likeness (QED) is 0.771. The number of halogens is 3. The molecular formula is C13H7Cl2FN2. The molecule has 5 heteroatoms. The van der Waals surface area contributed by atoms with Crippen LogP contribution in [-0.2, 0) is 6.42 Å². The van der Waals surface area contributed by atoms with Gasteiger partial charge >= 0.3 is 0 Å². The number of nitriles is 1. The van der Waals surface area contributed by atoms with E-state index in [1.165, 1.54) is 6.20 Å². The Bertz CT molecular complexity index is 635. The summed E-state index contributed by atoms with van der Waals surface area (Å²) in [5.74, 6) is -0.624. The maximum absolute atomic E-state index is 13.8. The van der Waals surface area contributed by atoms with Gasteiger partial charge in [0, 0.05) is 11.8 Å². The monoisotopic (exact) mass is 280 g/mol. The van der Waals surface area contributed by atoms with Gasteiger partial charge in [-0.05, 0) is 29.3 Å². The summed E-state index contributed by atoms with van der Waals surface area (Å²) in [6.45, 7) is 0. The highest BCUT2D eigenvalue weighted by Crippen LogP contribution is 2.31. The standard InChI is InChI=1S/C13H7Cl2FN2/c14-10-2-1-9(7-11(10)15)12-8(3-5-17)4-6-18-13(12)16/h1-2,4,6-7H,3H2. The van der Waals surface area contributed by atoms with Crippen LogP contribution in [0.25, 0.3) is 11.1 Å². The van der Waals surface area contributed by atoms with Gasteiger partial charge in [-0.2, -0.15) is 9.65 Å². The minimum atomic E-state index is -0.624. The molecule has 0 atom stereocenters. The first kappa shape index (κ1) is 12.8. The first-order chi connectivity index (χ1) is 8.63. The molecule has 0 fully saturated rings. The highest BCUT2D eigenvalue weighted by atomic mass is 35.5. The van der Waals surface area contributed by atoms with Gasteiger partial charge < -0.3 is 0 Å². The maximum atomic E-state index is 13.8. The van der Waals surface area contributed by atoms with Crippen LogP contribution in [0.4, 0.5) is 4.39 Å². The average molecular weight is 281 g/mol. The van der Waals surface area contributed by atoms with E-state index in [9.17, 15) is 4.39 Å². The van der Waals surface area contributed by atoms with Crippen molar-refractivity contribution in [1.29, 1.82) is 5.26 Å². The molecule has 0 saturated heterocycles. The van der Waals surface area contributed by atoms with Crippen LogP contribution in [0, 0.1) is 17.3 Å². The van der Waals surface area contributed by atoms with Crippen molar-refractivity contribution in [1.82, 2.24) is 4.98 Å². The molecular weight excluding hydrogens is 274 g/mol. The summed E-state index contributed by atoms with van der Waals surface area (Å²) in [7, 11) is 0. The van der Waals surface area contributed by atoms with Crippen LogP contribution in [0.5, 0.6) is 0 Å². The summed E-state index contributed by atoms with van der Waals surface area (Å²) >= 11 is 11.7. The highest BCUT2D eigenvalue weighted by Gasteiger charge is 2.13. The van der Waals surface area contributed by atoms with Gasteiger partial charge in [-0.25, -0.2) is 4.98 Å². The lowest BCUT2D eigenvalue weighted by Gasteiger charge is -2.08. The predicted octanol–water partition coefficient (Wildman–Crippen LogP) is 4.26. The van der Waals surface area contributed by atoms with Gasteiger partial charge in [-0.15, -0.1) is 0 Å². The first-order valence-electron chi connectivity index (χ1n) is 5.09. The molecule has 0 unspecified atom stereocenters. The topological polar surface area (TPSA) is 36.7 Å². The van der Waals surface area contributed by atoms with Crippen LogP contribution in [0.3, 0.4) is 0 Å². The molecule has 1 aromatic heterocycles. The molecule has 90 valence electrons. The number of hydrogen-bond donors (Lipinski definition) is 0. The fraction of sp³-hybridized carbons (Fsp3) is 0.0769. The Morgan fingerprint density at radius 3 is 2.67 bits per heavy atom. The lowest BCUT2D eigenvalue weighted by atomic mass is 10.00. The van der Waals surface area contributed by atoms with Gasteiger partial charge in [0.05, 0.1) is 22.5 Å². The van der Waals surface area contributed by atoms with Gasteiger partial charge in [0.1, 0.15) is 0 Å². The highest BCUT2D eigenvalue weighted by molar-refractivity contribution is 6.42. The molecule has 0 aliphatic rings. The number of rotatable bonds is 2. The van der Waals surface area contributed by atoms with Crippen LogP contribution < -0.4 is 0 Å². The summed E-state index contributed by atoms with van der Waals surface area (Å²) in [5, 5.41) is 9.47. The number of hydrogen-bond acceptors (Lipinski definition) is 2. The van der Waals surface area contributed by atoms with Crippen LogP contribution in [0.1, 0.15) is 5.56 Å². The van der Waals surface area contributed by atoms with Crippen molar-refractivity contribution in [2.45, 2.75) is 6.42 Å². The van der Waals surface area contributed by atoms with Crippen molar-refractivity contribution in [3.8, 4) is 17.2 Å². The third kappa shape index (κ3) is 2.45. The third-order valence-electron chi connectivity index (χ3n) is 2.47. The summed E-state index contributed by atoms with van der Waals surface area (Å²) in [4.78, 5) is 3.60. The van der Waals surface area contributed by atoms with Gasteiger partial charge in [-0.3, -0.25) is 0 Å². The Balaban J connectivity index is 2.62. The second-order valence-corrected chi connectivity index (χ2v) is 4.41. The number of nitrogens with zero attached hydrogens (tertiary/aromatic N) is 2. The number of pyridine rings is 1. The molecule has 0 N–H and O–H groups in total. The second-order valence-electron chi connectivity index (χ2n) is 3.60. The summed E-state index contributed by atoms with van der Waals surface area (Å²) < 4.78 is 13.8. The largest absolute Gasteiger partial charge is 0.228 e. The summed E-state index contributed by atoms with van der Waals surface area (Å²) in [6.07, 6.45) is 1.44. The average Bonchev–Trinajstić information content (AvgIpc) is 2.34. The number of benzene rings is 1. The van der Waals surface area contributed by atoms with E-state index >= 15 is 0 Å². The number of aromatic nitrogens is 1. The second kappa shape index (κ2) is 5.34. The van der Waals surface area contributed by atoms with Crippen molar-refractivity contribution < 1.29 is 4.39 Å². The fourth-order valence-corrected chi connectivity index (χ4v) is 1.96. The molecule has 18 heavy (non-hydrogen) atoms. The van der Waals surface area contributed by atoms with E-state index in [0.717, 1.165) is 0 Å². The van der Waals surface area contributed by atoms with Crippen molar-refractivity contribution in [2.75, 3.05) is 0 Å². The molecule has 0 spiro atoms. The SMILES string of the molecule is N#CCc1ccnc(F)c1-c1ccc(Cl)c(Cl)c1. The van der Waals surface area contributed by atoms with E-state index in [4.69, 9.17) is 28.5 Å². The summed E-state index contributed by atoms with van der Waals surface area (Å²) in [6, 6.07) is 8.40. The molecule has 2 aromatic rings.